The molecule has 0 radical (unpaired) electrons. The molecule has 2 N–H and O–H groups in total. The Bertz CT molecular complexity index is 514. The summed E-state index contributed by atoms with van der Waals surface area (Å²) in [7, 11) is 0. The van der Waals surface area contributed by atoms with Crippen LogP contribution in [0.3, 0.4) is 0 Å². The summed E-state index contributed by atoms with van der Waals surface area (Å²) in [5.41, 5.74) is 0.822. The van der Waals surface area contributed by atoms with Gasteiger partial charge in [0.25, 0.3) is 0 Å². The highest BCUT2D eigenvalue weighted by atomic mass is 32.1. The number of rotatable bonds is 3. The third-order valence-corrected chi connectivity index (χ3v) is 5.90. The Kier molecular flexibility index (Phi) is 4.48. The summed E-state index contributed by atoms with van der Waals surface area (Å²) in [5.74, 6) is -0.288. The molecule has 3 unspecified atom stereocenters. The van der Waals surface area contributed by atoms with Crippen LogP contribution in [0, 0.1) is 5.92 Å². The number of carboxylic acids is 1. The van der Waals surface area contributed by atoms with Gasteiger partial charge in [-0.1, -0.05) is 19.8 Å². The van der Waals surface area contributed by atoms with Crippen LogP contribution in [-0.4, -0.2) is 22.1 Å². The molecule has 2 aliphatic carbocycles. The molecule has 0 aromatic carbocycles. The van der Waals surface area contributed by atoms with Crippen LogP contribution in [0.4, 0.5) is 5.13 Å². The monoisotopic (exact) mass is 308 g/mol. The van der Waals surface area contributed by atoms with Crippen LogP contribution < -0.4 is 5.32 Å². The van der Waals surface area contributed by atoms with Crippen molar-refractivity contribution in [3.05, 3.63) is 10.6 Å². The van der Waals surface area contributed by atoms with E-state index in [1.54, 1.807) is 11.3 Å². The molecule has 1 aromatic heterocycles. The molecule has 0 saturated heterocycles. The zero-order valence-corrected chi connectivity index (χ0v) is 13.4. The number of anilines is 1. The predicted octanol–water partition coefficient (Wildman–Crippen LogP) is 4.03. The molecule has 0 spiro atoms. The molecule has 116 valence electrons. The van der Waals surface area contributed by atoms with Crippen LogP contribution in [0.5, 0.6) is 0 Å². The Morgan fingerprint density at radius 1 is 1.24 bits per heavy atom. The minimum Gasteiger partial charge on any atom is -0.481 e. The number of aliphatic carboxylic acids is 1. The molecule has 1 aromatic rings. The lowest BCUT2D eigenvalue weighted by molar-refractivity contribution is -0.139. The second-order valence-electron chi connectivity index (χ2n) is 6.57. The number of nitrogens with zero attached hydrogens (tertiary/aromatic N) is 1. The van der Waals surface area contributed by atoms with Gasteiger partial charge in [-0.25, -0.2) is 4.98 Å². The van der Waals surface area contributed by atoms with Crippen molar-refractivity contribution in [1.29, 1.82) is 0 Å². The first-order valence-electron chi connectivity index (χ1n) is 8.12. The number of carbonyl (C=O) groups is 1. The lowest BCUT2D eigenvalue weighted by Crippen LogP contribution is -2.19. The SMILES string of the molecule is CC1CCCC(Nc2nc3c(s2)CCCC3C(=O)O)CC1. The van der Waals surface area contributed by atoms with Gasteiger partial charge in [-0.2, -0.15) is 0 Å². The summed E-state index contributed by atoms with van der Waals surface area (Å²) in [6, 6.07) is 0.505. The fourth-order valence-corrected chi connectivity index (χ4v) is 4.67. The van der Waals surface area contributed by atoms with Gasteiger partial charge in [0.05, 0.1) is 5.69 Å². The first-order chi connectivity index (χ1) is 10.1. The molecule has 3 rings (SSSR count). The second kappa shape index (κ2) is 6.34. The highest BCUT2D eigenvalue weighted by Crippen LogP contribution is 2.37. The number of carboxylic acid groups (broad SMARTS) is 1. The van der Waals surface area contributed by atoms with E-state index < -0.39 is 11.9 Å². The molecule has 4 nitrogen and oxygen atoms in total. The molecule has 2 aliphatic rings. The van der Waals surface area contributed by atoms with Gasteiger partial charge in [0, 0.05) is 10.9 Å². The summed E-state index contributed by atoms with van der Waals surface area (Å²) >= 11 is 1.67. The van der Waals surface area contributed by atoms with Crippen molar-refractivity contribution < 1.29 is 9.90 Å². The number of thiazole rings is 1. The predicted molar refractivity (Wildman–Crippen MR) is 85.1 cm³/mol. The molecular weight excluding hydrogens is 284 g/mol. The fraction of sp³-hybridized carbons (Fsp3) is 0.750. The van der Waals surface area contributed by atoms with Gasteiger partial charge in [-0.3, -0.25) is 4.79 Å². The summed E-state index contributed by atoms with van der Waals surface area (Å²) in [4.78, 5) is 17.1. The lowest BCUT2D eigenvalue weighted by atomic mass is 9.91. The molecule has 5 heteroatoms. The number of hydrogen-bond acceptors (Lipinski definition) is 4. The van der Waals surface area contributed by atoms with E-state index in [1.807, 2.05) is 0 Å². The van der Waals surface area contributed by atoms with Gasteiger partial charge >= 0.3 is 5.97 Å². The van der Waals surface area contributed by atoms with E-state index in [0.717, 1.165) is 36.0 Å². The second-order valence-corrected chi connectivity index (χ2v) is 7.65. The van der Waals surface area contributed by atoms with Gasteiger partial charge in [0.15, 0.2) is 5.13 Å². The Morgan fingerprint density at radius 3 is 2.90 bits per heavy atom. The largest absolute Gasteiger partial charge is 0.481 e. The van der Waals surface area contributed by atoms with E-state index in [2.05, 4.69) is 17.2 Å². The van der Waals surface area contributed by atoms with Crippen molar-refractivity contribution in [2.45, 2.75) is 70.3 Å². The number of fused-ring (bicyclic) bond motifs is 1. The molecule has 0 amide bonds. The van der Waals surface area contributed by atoms with Crippen molar-refractivity contribution in [3.63, 3.8) is 0 Å². The minimum atomic E-state index is -0.726. The highest BCUT2D eigenvalue weighted by molar-refractivity contribution is 7.15. The molecule has 21 heavy (non-hydrogen) atoms. The maximum atomic E-state index is 11.3. The van der Waals surface area contributed by atoms with Crippen molar-refractivity contribution in [3.8, 4) is 0 Å². The fourth-order valence-electron chi connectivity index (χ4n) is 3.53. The first-order valence-corrected chi connectivity index (χ1v) is 8.94. The maximum Gasteiger partial charge on any atom is 0.312 e. The zero-order valence-electron chi connectivity index (χ0n) is 12.6. The van der Waals surface area contributed by atoms with E-state index in [4.69, 9.17) is 0 Å². The standard InChI is InChI=1S/C16H24N2O2S/c1-10-4-2-5-11(9-8-10)17-16-18-14-12(15(19)20)6-3-7-13(14)21-16/h10-12H,2-9H2,1H3,(H,17,18)(H,19,20). The number of aryl methyl sites for hydroxylation is 1. The topological polar surface area (TPSA) is 62.2 Å². The highest BCUT2D eigenvalue weighted by Gasteiger charge is 2.30. The molecule has 3 atom stereocenters. The zero-order chi connectivity index (χ0) is 14.8. The maximum absolute atomic E-state index is 11.3. The van der Waals surface area contributed by atoms with Crippen molar-refractivity contribution in [2.75, 3.05) is 5.32 Å². The lowest BCUT2D eigenvalue weighted by Gasteiger charge is -2.16. The van der Waals surface area contributed by atoms with Crippen LogP contribution >= 0.6 is 11.3 Å². The normalized spacial score (nSPS) is 29.5. The van der Waals surface area contributed by atoms with E-state index in [1.165, 1.54) is 37.0 Å². The van der Waals surface area contributed by atoms with E-state index >= 15 is 0 Å². The van der Waals surface area contributed by atoms with Crippen molar-refractivity contribution in [1.82, 2.24) is 4.98 Å². The smallest absolute Gasteiger partial charge is 0.312 e. The summed E-state index contributed by atoms with van der Waals surface area (Å²) in [6.45, 7) is 2.34. The Morgan fingerprint density at radius 2 is 2.10 bits per heavy atom. The van der Waals surface area contributed by atoms with Crippen LogP contribution in [0.25, 0.3) is 0 Å². The molecule has 0 aliphatic heterocycles. The van der Waals surface area contributed by atoms with E-state index in [0.29, 0.717) is 6.04 Å². The van der Waals surface area contributed by atoms with Crippen LogP contribution in [0.2, 0.25) is 0 Å². The Labute approximate surface area is 130 Å². The van der Waals surface area contributed by atoms with Crippen LogP contribution in [-0.2, 0) is 11.2 Å². The van der Waals surface area contributed by atoms with Crippen LogP contribution in [0.15, 0.2) is 0 Å². The Balaban J connectivity index is 1.71. The first kappa shape index (κ1) is 14.8. The molecule has 1 fully saturated rings. The number of aromatic nitrogens is 1. The van der Waals surface area contributed by atoms with Crippen molar-refractivity contribution in [2.24, 2.45) is 5.92 Å². The Hall–Kier alpha value is -1.10. The van der Waals surface area contributed by atoms with Gasteiger partial charge in [0.1, 0.15) is 5.92 Å². The van der Waals surface area contributed by atoms with Gasteiger partial charge in [-0.15, -0.1) is 11.3 Å². The average molecular weight is 308 g/mol. The summed E-state index contributed by atoms with van der Waals surface area (Å²) in [5, 5.41) is 13.8. The van der Waals surface area contributed by atoms with E-state index in [9.17, 15) is 9.90 Å². The molecule has 1 saturated carbocycles. The number of nitrogens with one attached hydrogen (secondary N) is 1. The van der Waals surface area contributed by atoms with Crippen molar-refractivity contribution >= 4 is 22.4 Å². The third-order valence-electron chi connectivity index (χ3n) is 4.84. The summed E-state index contributed by atoms with van der Waals surface area (Å²) < 4.78 is 0. The molecule has 1 heterocycles. The van der Waals surface area contributed by atoms with E-state index in [-0.39, 0.29) is 0 Å². The van der Waals surface area contributed by atoms with Gasteiger partial charge in [0.2, 0.25) is 0 Å². The third kappa shape index (κ3) is 3.39. The minimum absolute atomic E-state index is 0.394. The van der Waals surface area contributed by atoms with Gasteiger partial charge in [-0.05, 0) is 44.4 Å². The molecular formula is C16H24N2O2S. The van der Waals surface area contributed by atoms with Gasteiger partial charge < -0.3 is 10.4 Å². The average Bonchev–Trinajstić information content (AvgIpc) is 2.75. The number of hydrogen-bond donors (Lipinski definition) is 2. The summed E-state index contributed by atoms with van der Waals surface area (Å²) in [6.07, 6.45) is 8.97. The molecule has 0 bridgehead atoms. The quantitative estimate of drug-likeness (QED) is 0.828. The van der Waals surface area contributed by atoms with Crippen LogP contribution in [0.1, 0.15) is 68.4 Å².